The Balaban J connectivity index is 2.16. The number of hydrogen-bond donors (Lipinski definition) is 3. The molecular formula is C15H17FN6O4. The summed E-state index contributed by atoms with van der Waals surface area (Å²) in [4.78, 5) is 30.4. The lowest BCUT2D eigenvalue weighted by atomic mass is 10.2. The lowest BCUT2D eigenvalue weighted by Gasteiger charge is -2.14. The van der Waals surface area contributed by atoms with Crippen LogP contribution in [0.25, 0.3) is 0 Å². The maximum absolute atomic E-state index is 12.9. The van der Waals surface area contributed by atoms with E-state index in [9.17, 15) is 19.3 Å². The van der Waals surface area contributed by atoms with Crippen LogP contribution in [0.1, 0.15) is 17.3 Å². The summed E-state index contributed by atoms with van der Waals surface area (Å²) in [7, 11) is 1.50. The molecule has 0 spiro atoms. The van der Waals surface area contributed by atoms with Gasteiger partial charge in [0.1, 0.15) is 12.1 Å². The Labute approximate surface area is 147 Å². The molecule has 0 radical (unpaired) electrons. The summed E-state index contributed by atoms with van der Waals surface area (Å²) in [5.74, 6) is -1.32. The van der Waals surface area contributed by atoms with Gasteiger partial charge in [-0.05, 0) is 31.2 Å². The molecule has 0 aliphatic heterocycles. The molecule has 1 amide bonds. The molecule has 11 heteroatoms. The molecule has 2 aromatic rings. The Morgan fingerprint density at radius 3 is 2.58 bits per heavy atom. The van der Waals surface area contributed by atoms with E-state index in [0.717, 1.165) is 18.5 Å². The molecule has 138 valence electrons. The molecule has 1 aromatic carbocycles. The molecule has 3 N–H and O–H groups in total. The molecule has 0 aliphatic rings. The van der Waals surface area contributed by atoms with Crippen LogP contribution in [0, 0.1) is 15.9 Å². The van der Waals surface area contributed by atoms with Gasteiger partial charge in [-0.1, -0.05) is 0 Å². The van der Waals surface area contributed by atoms with Crippen molar-refractivity contribution in [2.75, 3.05) is 24.5 Å². The summed E-state index contributed by atoms with van der Waals surface area (Å²) < 4.78 is 17.9. The highest BCUT2D eigenvalue weighted by Gasteiger charge is 2.24. The first-order valence-corrected chi connectivity index (χ1v) is 7.49. The molecular weight excluding hydrogens is 347 g/mol. The Morgan fingerprint density at radius 2 is 1.96 bits per heavy atom. The van der Waals surface area contributed by atoms with E-state index in [1.54, 1.807) is 6.92 Å². The topological polar surface area (TPSA) is 131 Å². The number of methoxy groups -OCH3 is 1. The normalized spacial score (nSPS) is 11.5. The zero-order chi connectivity index (χ0) is 19.1. The fraction of sp³-hybridized carbons (Fsp3) is 0.267. The van der Waals surface area contributed by atoms with Gasteiger partial charge in [-0.25, -0.2) is 14.4 Å². The molecule has 0 fully saturated rings. The van der Waals surface area contributed by atoms with E-state index in [4.69, 9.17) is 4.74 Å². The van der Waals surface area contributed by atoms with Crippen LogP contribution in [-0.4, -0.2) is 40.6 Å². The van der Waals surface area contributed by atoms with Gasteiger partial charge in [0, 0.05) is 18.7 Å². The van der Waals surface area contributed by atoms with Gasteiger partial charge in [0.05, 0.1) is 11.5 Å². The zero-order valence-corrected chi connectivity index (χ0v) is 14.0. The number of nitro groups is 1. The number of hydrazine groups is 1. The molecule has 1 heterocycles. The number of aromatic nitrogens is 2. The molecule has 1 unspecified atom stereocenters. The molecule has 1 aromatic heterocycles. The van der Waals surface area contributed by atoms with E-state index in [1.807, 2.05) is 0 Å². The Bertz CT molecular complexity index is 786. The average Bonchev–Trinajstić information content (AvgIpc) is 2.60. The van der Waals surface area contributed by atoms with Crippen molar-refractivity contribution in [2.45, 2.75) is 13.0 Å². The van der Waals surface area contributed by atoms with Crippen LogP contribution in [0.2, 0.25) is 0 Å². The SMILES string of the molecule is COCC(C)Nc1ncnc(NNC(=O)c2ccc(F)cc2)c1[N+](=O)[O-]. The lowest BCUT2D eigenvalue weighted by molar-refractivity contribution is -0.383. The quantitative estimate of drug-likeness (QED) is 0.477. The van der Waals surface area contributed by atoms with Gasteiger partial charge in [-0.2, -0.15) is 0 Å². The number of benzene rings is 1. The predicted molar refractivity (Wildman–Crippen MR) is 91.1 cm³/mol. The van der Waals surface area contributed by atoms with Crippen LogP contribution in [0.4, 0.5) is 21.7 Å². The highest BCUT2D eigenvalue weighted by molar-refractivity contribution is 5.95. The summed E-state index contributed by atoms with van der Waals surface area (Å²) in [6, 6.07) is 4.57. The number of nitrogens with one attached hydrogen (secondary N) is 3. The van der Waals surface area contributed by atoms with Crippen molar-refractivity contribution in [3.8, 4) is 0 Å². The predicted octanol–water partition coefficient (Wildman–Crippen LogP) is 1.73. The fourth-order valence-electron chi connectivity index (χ4n) is 2.06. The van der Waals surface area contributed by atoms with E-state index in [0.29, 0.717) is 6.61 Å². The Kier molecular flexibility index (Phi) is 6.33. The van der Waals surface area contributed by atoms with Crippen molar-refractivity contribution in [1.29, 1.82) is 0 Å². The lowest BCUT2D eigenvalue weighted by Crippen LogP contribution is -2.30. The van der Waals surface area contributed by atoms with Gasteiger partial charge in [0.15, 0.2) is 0 Å². The number of carbonyl (C=O) groups excluding carboxylic acids is 1. The minimum absolute atomic E-state index is 0.0203. The van der Waals surface area contributed by atoms with Gasteiger partial charge >= 0.3 is 5.69 Å². The number of rotatable bonds is 8. The summed E-state index contributed by atoms with van der Waals surface area (Å²) in [5.41, 5.74) is 4.41. The van der Waals surface area contributed by atoms with E-state index in [-0.39, 0.29) is 23.2 Å². The monoisotopic (exact) mass is 364 g/mol. The second-order valence-corrected chi connectivity index (χ2v) is 5.26. The summed E-state index contributed by atoms with van der Waals surface area (Å²) in [6.45, 7) is 2.07. The highest BCUT2D eigenvalue weighted by atomic mass is 19.1. The zero-order valence-electron chi connectivity index (χ0n) is 14.0. The number of anilines is 2. The van der Waals surface area contributed by atoms with Gasteiger partial charge in [-0.15, -0.1) is 0 Å². The molecule has 10 nitrogen and oxygen atoms in total. The molecule has 0 saturated carbocycles. The molecule has 0 saturated heterocycles. The van der Waals surface area contributed by atoms with Crippen LogP contribution < -0.4 is 16.2 Å². The Morgan fingerprint density at radius 1 is 1.31 bits per heavy atom. The van der Waals surface area contributed by atoms with Gasteiger partial charge in [-0.3, -0.25) is 25.8 Å². The van der Waals surface area contributed by atoms with Crippen LogP contribution in [-0.2, 0) is 4.74 Å². The van der Waals surface area contributed by atoms with Crippen LogP contribution in [0.15, 0.2) is 30.6 Å². The van der Waals surface area contributed by atoms with Crippen molar-refractivity contribution in [2.24, 2.45) is 0 Å². The number of amides is 1. The fourth-order valence-corrected chi connectivity index (χ4v) is 2.06. The molecule has 26 heavy (non-hydrogen) atoms. The third-order valence-corrected chi connectivity index (χ3v) is 3.21. The summed E-state index contributed by atoms with van der Waals surface area (Å²) in [6.07, 6.45) is 1.11. The second-order valence-electron chi connectivity index (χ2n) is 5.26. The third kappa shape index (κ3) is 4.83. The van der Waals surface area contributed by atoms with Gasteiger partial charge in [0.25, 0.3) is 5.91 Å². The third-order valence-electron chi connectivity index (χ3n) is 3.21. The standard InChI is InChI=1S/C15H17FN6O4/c1-9(7-26-2)19-13-12(22(24)25)14(18-8-17-13)20-21-15(23)10-3-5-11(16)6-4-10/h3-6,8-9H,7H2,1-2H3,(H,21,23)(H2,17,18,19,20). The van der Waals surface area contributed by atoms with Crippen LogP contribution in [0.3, 0.4) is 0 Å². The van der Waals surface area contributed by atoms with Gasteiger partial charge < -0.3 is 10.1 Å². The number of hydrogen-bond acceptors (Lipinski definition) is 8. The second kappa shape index (κ2) is 8.67. The molecule has 2 rings (SSSR count). The summed E-state index contributed by atoms with van der Waals surface area (Å²) >= 11 is 0. The molecule has 1 atom stereocenters. The van der Waals surface area contributed by atoms with Crippen LogP contribution in [0.5, 0.6) is 0 Å². The maximum Gasteiger partial charge on any atom is 0.354 e. The largest absolute Gasteiger partial charge is 0.383 e. The van der Waals surface area contributed by atoms with Crippen molar-refractivity contribution < 1.29 is 18.8 Å². The van der Waals surface area contributed by atoms with E-state index in [1.165, 1.54) is 19.2 Å². The minimum Gasteiger partial charge on any atom is -0.383 e. The average molecular weight is 364 g/mol. The first-order valence-electron chi connectivity index (χ1n) is 7.49. The van der Waals surface area contributed by atoms with E-state index in [2.05, 4.69) is 26.1 Å². The number of nitrogens with zero attached hydrogens (tertiary/aromatic N) is 3. The number of carbonyl (C=O) groups is 1. The Hall–Kier alpha value is -3.34. The van der Waals surface area contributed by atoms with E-state index < -0.39 is 22.3 Å². The molecule has 0 aliphatic carbocycles. The first kappa shape index (κ1) is 19.0. The first-order chi connectivity index (χ1) is 12.4. The number of ether oxygens (including phenoxy) is 1. The van der Waals surface area contributed by atoms with Crippen molar-refractivity contribution >= 4 is 23.2 Å². The maximum atomic E-state index is 12.9. The smallest absolute Gasteiger partial charge is 0.354 e. The van der Waals surface area contributed by atoms with Crippen molar-refractivity contribution in [3.05, 3.63) is 52.1 Å². The van der Waals surface area contributed by atoms with Gasteiger partial charge in [0.2, 0.25) is 11.6 Å². The van der Waals surface area contributed by atoms with Crippen molar-refractivity contribution in [1.82, 2.24) is 15.4 Å². The van der Waals surface area contributed by atoms with E-state index >= 15 is 0 Å². The van der Waals surface area contributed by atoms with Crippen molar-refractivity contribution in [3.63, 3.8) is 0 Å². The van der Waals surface area contributed by atoms with Crippen LogP contribution >= 0.6 is 0 Å². The highest BCUT2D eigenvalue weighted by Crippen LogP contribution is 2.28. The summed E-state index contributed by atoms with van der Waals surface area (Å²) in [5, 5.41) is 14.2. The molecule has 0 bridgehead atoms. The number of halogens is 1. The minimum atomic E-state index is -0.672.